The first kappa shape index (κ1) is 24.2. The number of rotatable bonds is 5. The molecule has 2 heteroatoms. The van der Waals surface area contributed by atoms with Crippen LogP contribution in [0, 0.1) is 0 Å². The van der Waals surface area contributed by atoms with Gasteiger partial charge in [0.25, 0.3) is 0 Å². The fraction of sp³-hybridized carbons (Fsp3) is 0. The van der Waals surface area contributed by atoms with Gasteiger partial charge in [0.15, 0.2) is 5.58 Å². The van der Waals surface area contributed by atoms with Gasteiger partial charge < -0.3 is 9.32 Å². The van der Waals surface area contributed by atoms with Gasteiger partial charge >= 0.3 is 0 Å². The van der Waals surface area contributed by atoms with Crippen molar-refractivity contribution in [2.24, 2.45) is 0 Å². The molecule has 0 aliphatic heterocycles. The van der Waals surface area contributed by atoms with E-state index in [1.807, 2.05) is 0 Å². The Labute approximate surface area is 244 Å². The van der Waals surface area contributed by atoms with E-state index in [-0.39, 0.29) is 0 Å². The predicted octanol–water partition coefficient (Wildman–Crippen LogP) is 11.5. The van der Waals surface area contributed by atoms with Crippen LogP contribution in [-0.4, -0.2) is 0 Å². The maximum atomic E-state index is 6.88. The first-order chi connectivity index (χ1) is 20.9. The Morgan fingerprint density at radius 3 is 1.69 bits per heavy atom. The standard InChI is InChI=1S/C40H27NO/c1-4-15-28(16-5-1)31-21-12-13-25-36(31)41(30-19-8-3-9-20-30)37-26-14-24-34-39-33-23-11-10-22-32(33)35(27-38(39)42-40(34)37)29-17-6-2-7-18-29/h1-27H. The smallest absolute Gasteiger partial charge is 0.159 e. The van der Waals surface area contributed by atoms with Crippen LogP contribution in [0.2, 0.25) is 0 Å². The molecule has 2 nitrogen and oxygen atoms in total. The van der Waals surface area contributed by atoms with Gasteiger partial charge in [-0.25, -0.2) is 0 Å². The van der Waals surface area contributed by atoms with Crippen molar-refractivity contribution < 1.29 is 4.42 Å². The molecular formula is C40H27NO. The molecule has 0 bridgehead atoms. The van der Waals surface area contributed by atoms with Crippen LogP contribution in [0.3, 0.4) is 0 Å². The van der Waals surface area contributed by atoms with Gasteiger partial charge in [0.2, 0.25) is 0 Å². The molecule has 1 aromatic heterocycles. The number of furan rings is 1. The second kappa shape index (κ2) is 10.1. The molecule has 42 heavy (non-hydrogen) atoms. The van der Waals surface area contributed by atoms with Gasteiger partial charge in [-0.15, -0.1) is 0 Å². The summed E-state index contributed by atoms with van der Waals surface area (Å²) in [6.07, 6.45) is 0. The van der Waals surface area contributed by atoms with Crippen LogP contribution in [0.25, 0.3) is 55.0 Å². The van der Waals surface area contributed by atoms with Crippen molar-refractivity contribution in [3.63, 3.8) is 0 Å². The van der Waals surface area contributed by atoms with Gasteiger partial charge in [0, 0.05) is 22.0 Å². The molecule has 0 fully saturated rings. The third-order valence-corrected chi connectivity index (χ3v) is 8.05. The molecular weight excluding hydrogens is 510 g/mol. The van der Waals surface area contributed by atoms with E-state index in [9.17, 15) is 0 Å². The van der Waals surface area contributed by atoms with Crippen LogP contribution in [-0.2, 0) is 0 Å². The average Bonchev–Trinajstić information content (AvgIpc) is 3.46. The van der Waals surface area contributed by atoms with E-state index in [1.165, 1.54) is 27.5 Å². The number of fused-ring (bicyclic) bond motifs is 5. The van der Waals surface area contributed by atoms with Crippen LogP contribution in [0.5, 0.6) is 0 Å². The Hall–Kier alpha value is -5.60. The van der Waals surface area contributed by atoms with Crippen LogP contribution in [0.15, 0.2) is 168 Å². The summed E-state index contributed by atoms with van der Waals surface area (Å²) in [5, 5.41) is 4.67. The molecule has 7 aromatic carbocycles. The maximum absolute atomic E-state index is 6.88. The monoisotopic (exact) mass is 537 g/mol. The van der Waals surface area contributed by atoms with Crippen LogP contribution >= 0.6 is 0 Å². The zero-order valence-electron chi connectivity index (χ0n) is 22.9. The van der Waals surface area contributed by atoms with E-state index in [2.05, 4.69) is 169 Å². The van der Waals surface area contributed by atoms with Gasteiger partial charge in [-0.2, -0.15) is 0 Å². The van der Waals surface area contributed by atoms with Crippen molar-refractivity contribution in [3.8, 4) is 22.3 Å². The first-order valence-electron chi connectivity index (χ1n) is 14.3. The summed E-state index contributed by atoms with van der Waals surface area (Å²) in [4.78, 5) is 2.33. The van der Waals surface area contributed by atoms with Gasteiger partial charge in [-0.3, -0.25) is 0 Å². The second-order valence-corrected chi connectivity index (χ2v) is 10.5. The minimum atomic E-state index is 0.870. The molecule has 0 saturated heterocycles. The number of hydrogen-bond acceptors (Lipinski definition) is 2. The number of nitrogens with zero attached hydrogens (tertiary/aromatic N) is 1. The highest BCUT2D eigenvalue weighted by Gasteiger charge is 2.23. The highest BCUT2D eigenvalue weighted by atomic mass is 16.3. The Morgan fingerprint density at radius 2 is 0.952 bits per heavy atom. The molecule has 0 atom stereocenters. The molecule has 0 N–H and O–H groups in total. The van der Waals surface area contributed by atoms with E-state index in [1.54, 1.807) is 0 Å². The first-order valence-corrected chi connectivity index (χ1v) is 14.3. The normalized spacial score (nSPS) is 11.3. The Balaban J connectivity index is 1.44. The predicted molar refractivity (Wildman–Crippen MR) is 177 cm³/mol. The third-order valence-electron chi connectivity index (χ3n) is 8.05. The molecule has 198 valence electrons. The number of para-hydroxylation sites is 3. The second-order valence-electron chi connectivity index (χ2n) is 10.5. The van der Waals surface area contributed by atoms with E-state index in [0.29, 0.717) is 0 Å². The van der Waals surface area contributed by atoms with Crippen molar-refractivity contribution >= 4 is 49.8 Å². The van der Waals surface area contributed by atoms with E-state index < -0.39 is 0 Å². The lowest BCUT2D eigenvalue weighted by atomic mass is 9.95. The zero-order valence-corrected chi connectivity index (χ0v) is 22.9. The van der Waals surface area contributed by atoms with Crippen molar-refractivity contribution in [2.45, 2.75) is 0 Å². The summed E-state index contributed by atoms with van der Waals surface area (Å²) in [5.41, 5.74) is 9.61. The molecule has 0 saturated carbocycles. The SMILES string of the molecule is c1ccc(-c2ccccc2N(c2ccccc2)c2cccc3c2oc2cc(-c4ccccc4)c4ccccc4c23)cc1. The summed E-state index contributed by atoms with van der Waals surface area (Å²) in [6, 6.07) is 57.7. The highest BCUT2D eigenvalue weighted by molar-refractivity contribution is 6.23. The van der Waals surface area contributed by atoms with Gasteiger partial charge in [0.05, 0.1) is 11.4 Å². The summed E-state index contributed by atoms with van der Waals surface area (Å²) in [7, 11) is 0. The third kappa shape index (κ3) is 3.96. The Kier molecular flexibility index (Phi) is 5.82. The number of hydrogen-bond donors (Lipinski definition) is 0. The minimum absolute atomic E-state index is 0.870. The highest BCUT2D eigenvalue weighted by Crippen LogP contribution is 2.47. The zero-order chi connectivity index (χ0) is 27.9. The van der Waals surface area contributed by atoms with Crippen molar-refractivity contribution in [1.82, 2.24) is 0 Å². The Bertz CT molecular complexity index is 2180. The molecule has 8 aromatic rings. The lowest BCUT2D eigenvalue weighted by Crippen LogP contribution is -2.11. The van der Waals surface area contributed by atoms with Crippen molar-refractivity contribution in [1.29, 1.82) is 0 Å². The summed E-state index contributed by atoms with van der Waals surface area (Å²) < 4.78 is 6.88. The fourth-order valence-corrected chi connectivity index (χ4v) is 6.20. The average molecular weight is 538 g/mol. The van der Waals surface area contributed by atoms with Crippen LogP contribution in [0.1, 0.15) is 0 Å². The topological polar surface area (TPSA) is 16.4 Å². The van der Waals surface area contributed by atoms with Gasteiger partial charge in [-0.1, -0.05) is 133 Å². The lowest BCUT2D eigenvalue weighted by molar-refractivity contribution is 0.669. The largest absolute Gasteiger partial charge is 0.454 e. The summed E-state index contributed by atoms with van der Waals surface area (Å²) >= 11 is 0. The van der Waals surface area contributed by atoms with Gasteiger partial charge in [-0.05, 0) is 57.8 Å². The summed E-state index contributed by atoms with van der Waals surface area (Å²) in [6.45, 7) is 0. The van der Waals surface area contributed by atoms with Crippen molar-refractivity contribution in [3.05, 3.63) is 164 Å². The fourth-order valence-electron chi connectivity index (χ4n) is 6.20. The molecule has 0 amide bonds. The van der Waals surface area contributed by atoms with E-state index >= 15 is 0 Å². The molecule has 0 radical (unpaired) electrons. The van der Waals surface area contributed by atoms with E-state index in [4.69, 9.17) is 4.42 Å². The molecule has 0 unspecified atom stereocenters. The van der Waals surface area contributed by atoms with E-state index in [0.717, 1.165) is 44.6 Å². The number of anilines is 3. The molecule has 0 aliphatic rings. The summed E-state index contributed by atoms with van der Waals surface area (Å²) in [5.74, 6) is 0. The number of benzene rings is 7. The molecule has 8 rings (SSSR count). The van der Waals surface area contributed by atoms with Gasteiger partial charge in [0.1, 0.15) is 5.58 Å². The Morgan fingerprint density at radius 1 is 0.405 bits per heavy atom. The quantitative estimate of drug-likeness (QED) is 0.217. The molecule has 0 spiro atoms. The van der Waals surface area contributed by atoms with Crippen LogP contribution < -0.4 is 4.90 Å². The molecule has 0 aliphatic carbocycles. The molecule has 1 heterocycles. The lowest BCUT2D eigenvalue weighted by Gasteiger charge is -2.27. The van der Waals surface area contributed by atoms with Crippen molar-refractivity contribution in [2.75, 3.05) is 4.90 Å². The minimum Gasteiger partial charge on any atom is -0.454 e. The maximum Gasteiger partial charge on any atom is 0.159 e. The van der Waals surface area contributed by atoms with Crippen LogP contribution in [0.4, 0.5) is 17.1 Å².